The van der Waals surface area contributed by atoms with Crippen LogP contribution in [0.2, 0.25) is 0 Å². The summed E-state index contributed by atoms with van der Waals surface area (Å²) in [6.07, 6.45) is -1.70. The van der Waals surface area contributed by atoms with Gasteiger partial charge in [0.25, 0.3) is 0 Å². The first-order chi connectivity index (χ1) is 8.43. The van der Waals surface area contributed by atoms with Crippen LogP contribution >= 0.6 is 0 Å². The molecule has 98 valence electrons. The van der Waals surface area contributed by atoms with Crippen LogP contribution < -0.4 is 0 Å². The van der Waals surface area contributed by atoms with E-state index in [1.54, 1.807) is 6.92 Å². The van der Waals surface area contributed by atoms with Gasteiger partial charge in [0.05, 0.1) is 24.2 Å². The Morgan fingerprint density at radius 2 is 2.06 bits per heavy atom. The summed E-state index contributed by atoms with van der Waals surface area (Å²) in [5.41, 5.74) is 0.233. The average Bonchev–Trinajstić information content (AvgIpc) is 2.65. The minimum atomic E-state index is -4.40. The maximum atomic E-state index is 13.1. The fraction of sp³-hybridized carbons (Fsp3) is 0.667. The van der Waals surface area contributed by atoms with Gasteiger partial charge in [-0.3, -0.25) is 4.68 Å². The van der Waals surface area contributed by atoms with Crippen LogP contribution in [0, 0.1) is 17.2 Å². The van der Waals surface area contributed by atoms with E-state index in [0.717, 1.165) is 17.5 Å². The molecule has 0 aliphatic heterocycles. The summed E-state index contributed by atoms with van der Waals surface area (Å²) in [6, 6.07) is 1.94. The molecule has 0 N–H and O–H groups in total. The summed E-state index contributed by atoms with van der Waals surface area (Å²) in [4.78, 5) is 0. The van der Waals surface area contributed by atoms with E-state index in [1.165, 1.54) is 0 Å². The molecule has 0 saturated carbocycles. The van der Waals surface area contributed by atoms with Crippen LogP contribution in [0.3, 0.4) is 0 Å². The molecular weight excluding hydrogens is 243 g/mol. The summed E-state index contributed by atoms with van der Waals surface area (Å²) in [5, 5.41) is 12.8. The summed E-state index contributed by atoms with van der Waals surface area (Å²) < 4.78 is 40.2. The lowest BCUT2D eigenvalue weighted by atomic mass is 9.96. The molecule has 0 amide bonds. The Hall–Kier alpha value is -1.51. The van der Waals surface area contributed by atoms with E-state index in [4.69, 9.17) is 5.26 Å². The minimum Gasteiger partial charge on any atom is -0.259 e. The molecule has 0 fully saturated rings. The molecule has 0 aromatic carbocycles. The molecule has 3 nitrogen and oxygen atoms in total. The van der Waals surface area contributed by atoms with E-state index in [0.29, 0.717) is 24.1 Å². The van der Waals surface area contributed by atoms with Crippen molar-refractivity contribution < 1.29 is 13.2 Å². The van der Waals surface area contributed by atoms with Crippen LogP contribution in [0.4, 0.5) is 13.2 Å². The van der Waals surface area contributed by atoms with Crippen LogP contribution in [0.1, 0.15) is 36.7 Å². The number of fused-ring (bicyclic) bond motifs is 1. The second-order valence-electron chi connectivity index (χ2n) is 4.69. The van der Waals surface area contributed by atoms with Crippen molar-refractivity contribution in [2.45, 2.75) is 45.3 Å². The minimum absolute atomic E-state index is 0.00164. The van der Waals surface area contributed by atoms with Crippen LogP contribution in [0.5, 0.6) is 0 Å². The molecule has 0 spiro atoms. The summed E-state index contributed by atoms with van der Waals surface area (Å²) in [7, 11) is 0. The Morgan fingerprint density at radius 1 is 1.39 bits per heavy atom. The smallest absolute Gasteiger partial charge is 0.259 e. The molecule has 0 saturated heterocycles. The van der Waals surface area contributed by atoms with Crippen LogP contribution in [0.25, 0.3) is 0 Å². The monoisotopic (exact) mass is 257 g/mol. The number of alkyl halides is 3. The van der Waals surface area contributed by atoms with Gasteiger partial charge in [-0.1, -0.05) is 0 Å². The highest BCUT2D eigenvalue weighted by Crippen LogP contribution is 2.36. The van der Waals surface area contributed by atoms with Gasteiger partial charge < -0.3 is 0 Å². The molecule has 6 heteroatoms. The molecule has 1 aliphatic rings. The van der Waals surface area contributed by atoms with Crippen molar-refractivity contribution in [3.63, 3.8) is 0 Å². The summed E-state index contributed by atoms with van der Waals surface area (Å²) in [6.45, 7) is 1.60. The number of nitrogens with zero attached hydrogens (tertiary/aromatic N) is 3. The number of hydrogen-bond acceptors (Lipinski definition) is 2. The standard InChI is InChI=1S/C12H14F3N3/c1-8(6-16)7-18-11(12(13,14)15)9-4-2-3-5-10(9)17-18/h8H,2-5,7H2,1H3/t8-/m1/s1. The lowest BCUT2D eigenvalue weighted by Crippen LogP contribution is -2.19. The molecular formula is C12H14F3N3. The van der Waals surface area contributed by atoms with Crippen molar-refractivity contribution in [3.05, 3.63) is 17.0 Å². The first-order valence-corrected chi connectivity index (χ1v) is 5.99. The molecule has 1 aliphatic carbocycles. The van der Waals surface area contributed by atoms with Gasteiger partial charge in [-0.25, -0.2) is 0 Å². The Balaban J connectivity index is 2.45. The van der Waals surface area contributed by atoms with Crippen molar-refractivity contribution in [2.75, 3.05) is 0 Å². The van der Waals surface area contributed by atoms with Crippen molar-refractivity contribution in [1.82, 2.24) is 9.78 Å². The number of halogens is 3. The van der Waals surface area contributed by atoms with E-state index in [9.17, 15) is 13.2 Å². The fourth-order valence-corrected chi connectivity index (χ4v) is 2.36. The van der Waals surface area contributed by atoms with Gasteiger partial charge in [-0.05, 0) is 32.6 Å². The highest BCUT2D eigenvalue weighted by atomic mass is 19.4. The highest BCUT2D eigenvalue weighted by molar-refractivity contribution is 5.30. The normalized spacial score (nSPS) is 17.1. The van der Waals surface area contributed by atoms with Crippen LogP contribution in [-0.2, 0) is 25.6 Å². The van der Waals surface area contributed by atoms with Crippen molar-refractivity contribution >= 4 is 0 Å². The maximum absolute atomic E-state index is 13.1. The fourth-order valence-electron chi connectivity index (χ4n) is 2.36. The van der Waals surface area contributed by atoms with Crippen LogP contribution in [0.15, 0.2) is 0 Å². The quantitative estimate of drug-likeness (QED) is 0.817. The molecule has 0 bridgehead atoms. The Morgan fingerprint density at radius 3 is 2.67 bits per heavy atom. The van der Waals surface area contributed by atoms with Gasteiger partial charge in [0.15, 0.2) is 0 Å². The Bertz CT molecular complexity index is 482. The Kier molecular flexibility index (Phi) is 3.33. The van der Waals surface area contributed by atoms with E-state index in [2.05, 4.69) is 5.10 Å². The zero-order valence-electron chi connectivity index (χ0n) is 10.1. The highest BCUT2D eigenvalue weighted by Gasteiger charge is 2.40. The zero-order valence-corrected chi connectivity index (χ0v) is 10.1. The van der Waals surface area contributed by atoms with Crippen LogP contribution in [-0.4, -0.2) is 9.78 Å². The van der Waals surface area contributed by atoms with Crippen molar-refractivity contribution in [2.24, 2.45) is 5.92 Å². The third-order valence-corrected chi connectivity index (χ3v) is 3.16. The van der Waals surface area contributed by atoms with Gasteiger partial charge in [-0.2, -0.15) is 23.5 Å². The van der Waals surface area contributed by atoms with E-state index in [1.807, 2.05) is 6.07 Å². The van der Waals surface area contributed by atoms with E-state index in [-0.39, 0.29) is 6.54 Å². The molecule has 1 aromatic rings. The third-order valence-electron chi connectivity index (χ3n) is 3.16. The molecule has 1 aromatic heterocycles. The SMILES string of the molecule is C[C@H](C#N)Cn1nc2c(c1C(F)(F)F)CCCC2. The molecule has 1 heterocycles. The number of aromatic nitrogens is 2. The number of rotatable bonds is 2. The number of aryl methyl sites for hydroxylation is 1. The summed E-state index contributed by atoms with van der Waals surface area (Å²) >= 11 is 0. The largest absolute Gasteiger partial charge is 0.433 e. The maximum Gasteiger partial charge on any atom is 0.433 e. The zero-order chi connectivity index (χ0) is 13.3. The third kappa shape index (κ3) is 2.35. The lowest BCUT2D eigenvalue weighted by molar-refractivity contribution is -0.145. The predicted molar refractivity (Wildman–Crippen MR) is 58.6 cm³/mol. The summed E-state index contributed by atoms with van der Waals surface area (Å²) in [5.74, 6) is -0.479. The van der Waals surface area contributed by atoms with Crippen molar-refractivity contribution in [3.8, 4) is 6.07 Å². The molecule has 0 unspecified atom stereocenters. The first-order valence-electron chi connectivity index (χ1n) is 5.99. The first kappa shape index (κ1) is 12.9. The lowest BCUT2D eigenvalue weighted by Gasteiger charge is -2.14. The predicted octanol–water partition coefficient (Wildman–Crippen LogP) is 2.94. The van der Waals surface area contributed by atoms with Crippen molar-refractivity contribution in [1.29, 1.82) is 5.26 Å². The van der Waals surface area contributed by atoms with Gasteiger partial charge in [0.2, 0.25) is 0 Å². The molecule has 1 atom stereocenters. The molecule has 0 radical (unpaired) electrons. The van der Waals surface area contributed by atoms with E-state index < -0.39 is 17.8 Å². The van der Waals surface area contributed by atoms with Gasteiger partial charge in [0, 0.05) is 5.56 Å². The second-order valence-corrected chi connectivity index (χ2v) is 4.69. The van der Waals surface area contributed by atoms with Gasteiger partial charge in [-0.15, -0.1) is 0 Å². The number of hydrogen-bond donors (Lipinski definition) is 0. The Labute approximate surface area is 103 Å². The van der Waals surface area contributed by atoms with Gasteiger partial charge >= 0.3 is 6.18 Å². The molecule has 2 rings (SSSR count). The van der Waals surface area contributed by atoms with Gasteiger partial charge in [0.1, 0.15) is 5.69 Å². The molecule has 18 heavy (non-hydrogen) atoms. The van der Waals surface area contributed by atoms with E-state index >= 15 is 0 Å². The second kappa shape index (κ2) is 4.63. The topological polar surface area (TPSA) is 41.6 Å². The number of nitriles is 1. The average molecular weight is 257 g/mol.